The monoisotopic (exact) mass is 399 g/mol. The lowest BCUT2D eigenvalue weighted by Gasteiger charge is -2.12. The number of rotatable bonds is 6. The molecule has 0 saturated carbocycles. The molecule has 0 aliphatic carbocycles. The van der Waals surface area contributed by atoms with Gasteiger partial charge in [0.25, 0.3) is 0 Å². The Labute approximate surface area is 146 Å². The summed E-state index contributed by atoms with van der Waals surface area (Å²) in [6, 6.07) is 5.27. The second-order valence-corrected chi connectivity index (χ2v) is 5.68. The highest BCUT2D eigenvalue weighted by Crippen LogP contribution is 2.24. The number of urea groups is 1. The maximum absolute atomic E-state index is 13.9. The van der Waals surface area contributed by atoms with E-state index in [1.54, 1.807) is 25.3 Å². The van der Waals surface area contributed by atoms with E-state index in [4.69, 9.17) is 4.74 Å². The number of hydrogen-bond donors (Lipinski definition) is 2. The first-order valence-electron chi connectivity index (χ1n) is 7.27. The molecule has 1 heterocycles. The molecule has 0 atom stereocenters. The minimum Gasteiger partial charge on any atom is -0.493 e. The van der Waals surface area contributed by atoms with Crippen molar-refractivity contribution < 1.29 is 18.3 Å². The van der Waals surface area contributed by atoms with Crippen molar-refractivity contribution in [2.75, 3.05) is 18.5 Å². The number of halogens is 3. The lowest BCUT2D eigenvalue weighted by Crippen LogP contribution is -2.31. The number of benzene rings is 1. The molecule has 0 aliphatic rings. The van der Waals surface area contributed by atoms with E-state index < -0.39 is 17.7 Å². The smallest absolute Gasteiger partial charge is 0.320 e. The Bertz CT molecular complexity index is 711. The molecule has 0 spiro atoms. The third kappa shape index (κ3) is 4.89. The number of anilines is 1. The number of amides is 2. The molecular weight excluding hydrogens is 384 g/mol. The fraction of sp³-hybridized carbons (Fsp3) is 0.250. The van der Waals surface area contributed by atoms with Crippen LogP contribution < -0.4 is 15.4 Å². The number of carbonyl (C=O) groups excluding carboxylic acids is 1. The first-order valence-corrected chi connectivity index (χ1v) is 8.06. The quantitative estimate of drug-likeness (QED) is 0.774. The molecule has 5 nitrogen and oxygen atoms in total. The third-order valence-electron chi connectivity index (χ3n) is 3.08. The zero-order chi connectivity index (χ0) is 17.5. The van der Waals surface area contributed by atoms with Gasteiger partial charge in [-0.15, -0.1) is 0 Å². The highest BCUT2D eigenvalue weighted by Gasteiger charge is 2.14. The summed E-state index contributed by atoms with van der Waals surface area (Å²) in [6.45, 7) is 2.20. The van der Waals surface area contributed by atoms with E-state index in [0.29, 0.717) is 12.4 Å². The molecular formula is C16H16BrF2N3O2. The molecule has 0 radical (unpaired) electrons. The summed E-state index contributed by atoms with van der Waals surface area (Å²) in [6.07, 6.45) is 1.65. The van der Waals surface area contributed by atoms with Gasteiger partial charge in [0.15, 0.2) is 11.6 Å². The molecule has 0 unspecified atom stereocenters. The number of nitrogens with one attached hydrogen (secondary N) is 2. The van der Waals surface area contributed by atoms with Crippen molar-refractivity contribution in [2.45, 2.75) is 13.3 Å². The number of hydrogen-bond acceptors (Lipinski definition) is 3. The minimum atomic E-state index is -0.960. The van der Waals surface area contributed by atoms with E-state index in [0.717, 1.165) is 10.5 Å². The highest BCUT2D eigenvalue weighted by atomic mass is 79.9. The topological polar surface area (TPSA) is 63.2 Å². The van der Waals surface area contributed by atoms with Crippen molar-refractivity contribution in [3.05, 3.63) is 52.1 Å². The van der Waals surface area contributed by atoms with Crippen LogP contribution >= 0.6 is 15.9 Å². The second kappa shape index (κ2) is 8.58. The molecule has 0 saturated heterocycles. The van der Waals surface area contributed by atoms with Crippen LogP contribution in [0.15, 0.2) is 34.9 Å². The maximum atomic E-state index is 13.9. The van der Waals surface area contributed by atoms with Gasteiger partial charge in [-0.3, -0.25) is 5.32 Å². The van der Waals surface area contributed by atoms with Gasteiger partial charge in [-0.2, -0.15) is 0 Å². The van der Waals surface area contributed by atoms with E-state index in [1.165, 1.54) is 6.07 Å². The Morgan fingerprint density at radius 1 is 1.29 bits per heavy atom. The standard InChI is InChI=1S/C16H16BrF2N3O2/c1-2-24-13-5-4-12(18)15(19)11(13)7-8-20-16(23)22-14-6-3-10(17)9-21-14/h3-6,9H,2,7-8H2,1H3,(H2,20,21,22,23). The van der Waals surface area contributed by atoms with E-state index in [-0.39, 0.29) is 24.3 Å². The molecule has 2 aromatic rings. The van der Waals surface area contributed by atoms with Crippen LogP contribution in [0.2, 0.25) is 0 Å². The summed E-state index contributed by atoms with van der Waals surface area (Å²) in [4.78, 5) is 15.8. The Kier molecular flexibility index (Phi) is 6.48. The van der Waals surface area contributed by atoms with Gasteiger partial charge >= 0.3 is 6.03 Å². The maximum Gasteiger partial charge on any atom is 0.320 e. The van der Waals surface area contributed by atoms with Crippen molar-refractivity contribution in [3.8, 4) is 5.75 Å². The van der Waals surface area contributed by atoms with Crippen molar-refractivity contribution >= 4 is 27.8 Å². The summed E-state index contributed by atoms with van der Waals surface area (Å²) >= 11 is 3.24. The van der Waals surface area contributed by atoms with E-state index in [9.17, 15) is 13.6 Å². The molecule has 1 aromatic carbocycles. The second-order valence-electron chi connectivity index (χ2n) is 4.76. The molecule has 2 N–H and O–H groups in total. The van der Waals surface area contributed by atoms with E-state index in [2.05, 4.69) is 31.5 Å². The van der Waals surface area contributed by atoms with Crippen LogP contribution in [0.5, 0.6) is 5.75 Å². The first-order chi connectivity index (χ1) is 11.5. The SMILES string of the molecule is CCOc1ccc(F)c(F)c1CCNC(=O)Nc1ccc(Br)cn1. The predicted molar refractivity (Wildman–Crippen MR) is 90.2 cm³/mol. The number of pyridine rings is 1. The van der Waals surface area contributed by atoms with Gasteiger partial charge in [0, 0.05) is 22.8 Å². The van der Waals surface area contributed by atoms with Crippen molar-refractivity contribution in [3.63, 3.8) is 0 Å². The van der Waals surface area contributed by atoms with Crippen LogP contribution in [-0.2, 0) is 6.42 Å². The van der Waals surface area contributed by atoms with Gasteiger partial charge in [0.1, 0.15) is 11.6 Å². The highest BCUT2D eigenvalue weighted by molar-refractivity contribution is 9.10. The molecule has 8 heteroatoms. The predicted octanol–water partition coefficient (Wildman–Crippen LogP) is 3.89. The Balaban J connectivity index is 1.92. The average molecular weight is 400 g/mol. The number of carbonyl (C=O) groups is 1. The summed E-state index contributed by atoms with van der Waals surface area (Å²) in [5.41, 5.74) is 0.0962. The first kappa shape index (κ1) is 18.1. The fourth-order valence-electron chi connectivity index (χ4n) is 2.01. The minimum absolute atomic E-state index is 0.0962. The van der Waals surface area contributed by atoms with Crippen LogP contribution in [-0.4, -0.2) is 24.2 Å². The lowest BCUT2D eigenvalue weighted by atomic mass is 10.1. The third-order valence-corrected chi connectivity index (χ3v) is 3.55. The van der Waals surface area contributed by atoms with Gasteiger partial charge < -0.3 is 10.1 Å². The summed E-state index contributed by atoms with van der Waals surface area (Å²) in [7, 11) is 0. The number of ether oxygens (including phenoxy) is 1. The Morgan fingerprint density at radius 3 is 2.75 bits per heavy atom. The van der Waals surface area contributed by atoms with E-state index >= 15 is 0 Å². The van der Waals surface area contributed by atoms with Crippen molar-refractivity contribution in [1.82, 2.24) is 10.3 Å². The van der Waals surface area contributed by atoms with Gasteiger partial charge in [0.05, 0.1) is 6.61 Å². The average Bonchev–Trinajstić information content (AvgIpc) is 2.56. The Hall–Kier alpha value is -2.22. The molecule has 0 fully saturated rings. The zero-order valence-corrected chi connectivity index (χ0v) is 14.5. The van der Waals surface area contributed by atoms with Gasteiger partial charge in [-0.25, -0.2) is 18.6 Å². The molecule has 0 aliphatic heterocycles. The lowest BCUT2D eigenvalue weighted by molar-refractivity contribution is 0.252. The largest absolute Gasteiger partial charge is 0.493 e. The van der Waals surface area contributed by atoms with Gasteiger partial charge in [-0.1, -0.05) is 0 Å². The van der Waals surface area contributed by atoms with Crippen LogP contribution in [0.1, 0.15) is 12.5 Å². The number of nitrogens with zero attached hydrogens (tertiary/aromatic N) is 1. The van der Waals surface area contributed by atoms with Crippen molar-refractivity contribution in [1.29, 1.82) is 0 Å². The van der Waals surface area contributed by atoms with Gasteiger partial charge in [0.2, 0.25) is 0 Å². The van der Waals surface area contributed by atoms with Crippen LogP contribution in [0.4, 0.5) is 19.4 Å². The molecule has 24 heavy (non-hydrogen) atoms. The van der Waals surface area contributed by atoms with E-state index in [1.807, 2.05) is 0 Å². The molecule has 1 aromatic heterocycles. The molecule has 0 bridgehead atoms. The normalized spacial score (nSPS) is 10.3. The molecule has 2 amide bonds. The summed E-state index contributed by atoms with van der Waals surface area (Å²) in [5.74, 6) is -1.26. The summed E-state index contributed by atoms with van der Waals surface area (Å²) in [5, 5.41) is 5.10. The van der Waals surface area contributed by atoms with Gasteiger partial charge in [-0.05, 0) is 53.5 Å². The van der Waals surface area contributed by atoms with Crippen LogP contribution in [0.25, 0.3) is 0 Å². The number of aromatic nitrogens is 1. The van der Waals surface area contributed by atoms with Crippen LogP contribution in [0.3, 0.4) is 0 Å². The van der Waals surface area contributed by atoms with Crippen molar-refractivity contribution in [2.24, 2.45) is 0 Å². The zero-order valence-electron chi connectivity index (χ0n) is 12.9. The van der Waals surface area contributed by atoms with Crippen LogP contribution in [0, 0.1) is 11.6 Å². The summed E-state index contributed by atoms with van der Waals surface area (Å²) < 4.78 is 33.3. The molecule has 128 valence electrons. The fourth-order valence-corrected chi connectivity index (χ4v) is 2.24. The molecule has 2 rings (SSSR count). The Morgan fingerprint density at radius 2 is 2.08 bits per heavy atom.